The summed E-state index contributed by atoms with van der Waals surface area (Å²) in [6, 6.07) is 5.24. The molecule has 1 aromatic heterocycles. The predicted molar refractivity (Wildman–Crippen MR) is 73.8 cm³/mol. The summed E-state index contributed by atoms with van der Waals surface area (Å²) in [5, 5.41) is 3.38. The molecule has 2 aromatic rings. The van der Waals surface area contributed by atoms with Gasteiger partial charge in [0.05, 0.1) is 18.2 Å². The summed E-state index contributed by atoms with van der Waals surface area (Å²) >= 11 is 0. The first-order chi connectivity index (χ1) is 9.72. The first-order valence-corrected chi connectivity index (χ1v) is 6.82. The lowest BCUT2D eigenvalue weighted by Gasteiger charge is -2.12. The van der Waals surface area contributed by atoms with Gasteiger partial charge in [-0.25, -0.2) is 9.37 Å². The molecule has 0 unspecified atom stereocenters. The molecule has 1 aliphatic rings. The van der Waals surface area contributed by atoms with E-state index in [9.17, 15) is 4.39 Å². The summed E-state index contributed by atoms with van der Waals surface area (Å²) in [4.78, 5) is 4.05. The third-order valence-corrected chi connectivity index (χ3v) is 3.47. The third kappa shape index (κ3) is 3.17. The molecule has 0 radical (unpaired) electrons. The van der Waals surface area contributed by atoms with Gasteiger partial charge < -0.3 is 14.6 Å². The molecule has 0 atom stereocenters. The van der Waals surface area contributed by atoms with Gasteiger partial charge in [-0.2, -0.15) is 0 Å². The molecule has 1 saturated carbocycles. The van der Waals surface area contributed by atoms with Crippen LogP contribution in [0.2, 0.25) is 0 Å². The van der Waals surface area contributed by atoms with Crippen LogP contribution in [0.1, 0.15) is 24.1 Å². The monoisotopic (exact) mass is 275 g/mol. The maximum absolute atomic E-state index is 13.4. The molecule has 1 N–H and O–H groups in total. The maximum Gasteiger partial charge on any atom is 0.130 e. The van der Waals surface area contributed by atoms with Crippen LogP contribution in [0.25, 0.3) is 0 Å². The molecule has 4 nitrogen and oxygen atoms in total. The number of hydrogen-bond acceptors (Lipinski definition) is 3. The Labute approximate surface area is 117 Å². The molecule has 1 heterocycles. The van der Waals surface area contributed by atoms with Crippen molar-refractivity contribution in [2.75, 3.05) is 0 Å². The standard InChI is InChI=1S/C15H18FN3O/c1-19-10-17-8-14(19)9-20-15-5-2-12(16)6-11(15)7-18-13-3-4-13/h2,5-6,8,10,13,18H,3-4,7,9H2,1H3. The Bertz CT molecular complexity index is 593. The van der Waals surface area contributed by atoms with E-state index in [1.54, 1.807) is 18.6 Å². The molecule has 1 aromatic carbocycles. The number of aromatic nitrogens is 2. The Morgan fingerprint density at radius 1 is 1.45 bits per heavy atom. The smallest absolute Gasteiger partial charge is 0.130 e. The summed E-state index contributed by atoms with van der Waals surface area (Å²) in [6.45, 7) is 1.07. The number of imidazole rings is 1. The minimum atomic E-state index is -0.231. The van der Waals surface area contributed by atoms with Crippen molar-refractivity contribution in [1.82, 2.24) is 14.9 Å². The van der Waals surface area contributed by atoms with E-state index in [4.69, 9.17) is 4.74 Å². The van der Waals surface area contributed by atoms with Crippen molar-refractivity contribution in [3.63, 3.8) is 0 Å². The van der Waals surface area contributed by atoms with Gasteiger partial charge in [0.15, 0.2) is 0 Å². The van der Waals surface area contributed by atoms with Crippen molar-refractivity contribution in [3.8, 4) is 5.75 Å². The summed E-state index contributed by atoms with van der Waals surface area (Å²) in [7, 11) is 1.92. The van der Waals surface area contributed by atoms with Gasteiger partial charge in [0.2, 0.25) is 0 Å². The van der Waals surface area contributed by atoms with Gasteiger partial charge in [0.25, 0.3) is 0 Å². The molecular formula is C15H18FN3O. The van der Waals surface area contributed by atoms with E-state index in [1.165, 1.54) is 25.0 Å². The summed E-state index contributed by atoms with van der Waals surface area (Å²) in [5.74, 6) is 0.492. The molecule has 0 spiro atoms. The number of aryl methyl sites for hydroxylation is 1. The topological polar surface area (TPSA) is 39.1 Å². The molecular weight excluding hydrogens is 257 g/mol. The van der Waals surface area contributed by atoms with Crippen molar-refractivity contribution in [2.45, 2.75) is 32.0 Å². The van der Waals surface area contributed by atoms with Crippen LogP contribution in [0.4, 0.5) is 4.39 Å². The average molecular weight is 275 g/mol. The van der Waals surface area contributed by atoms with Crippen molar-refractivity contribution in [2.24, 2.45) is 7.05 Å². The van der Waals surface area contributed by atoms with E-state index in [-0.39, 0.29) is 5.82 Å². The highest BCUT2D eigenvalue weighted by Gasteiger charge is 2.20. The third-order valence-electron chi connectivity index (χ3n) is 3.47. The van der Waals surface area contributed by atoms with Crippen molar-refractivity contribution in [1.29, 1.82) is 0 Å². The zero-order valence-corrected chi connectivity index (χ0v) is 11.5. The second kappa shape index (κ2) is 5.63. The summed E-state index contributed by atoms with van der Waals surface area (Å²) in [6.07, 6.45) is 5.92. The number of nitrogens with zero attached hydrogens (tertiary/aromatic N) is 2. The fraction of sp³-hybridized carbons (Fsp3) is 0.400. The van der Waals surface area contributed by atoms with Crippen molar-refractivity contribution in [3.05, 3.63) is 47.8 Å². The number of ether oxygens (including phenoxy) is 1. The molecule has 0 bridgehead atoms. The SMILES string of the molecule is Cn1cncc1COc1ccc(F)cc1CNC1CC1. The summed E-state index contributed by atoms with van der Waals surface area (Å²) < 4.78 is 21.1. The van der Waals surface area contributed by atoms with Crippen LogP contribution >= 0.6 is 0 Å². The Hall–Kier alpha value is -1.88. The second-order valence-electron chi connectivity index (χ2n) is 5.19. The van der Waals surface area contributed by atoms with Gasteiger partial charge >= 0.3 is 0 Å². The minimum absolute atomic E-state index is 0.231. The number of rotatable bonds is 6. The molecule has 3 rings (SSSR count). The molecule has 0 aliphatic heterocycles. The molecule has 20 heavy (non-hydrogen) atoms. The van der Waals surface area contributed by atoms with E-state index in [0.717, 1.165) is 17.0 Å². The van der Waals surface area contributed by atoms with Crippen LogP contribution < -0.4 is 10.1 Å². The van der Waals surface area contributed by atoms with Gasteiger partial charge in [0.1, 0.15) is 18.2 Å². The first-order valence-electron chi connectivity index (χ1n) is 6.82. The van der Waals surface area contributed by atoms with Gasteiger partial charge in [0, 0.05) is 25.2 Å². The van der Waals surface area contributed by atoms with E-state index in [1.807, 2.05) is 11.6 Å². The van der Waals surface area contributed by atoms with E-state index < -0.39 is 0 Å². The second-order valence-corrected chi connectivity index (χ2v) is 5.19. The molecule has 1 fully saturated rings. The molecule has 5 heteroatoms. The highest BCUT2D eigenvalue weighted by atomic mass is 19.1. The molecule has 106 valence electrons. The van der Waals surface area contributed by atoms with Crippen LogP contribution in [0.15, 0.2) is 30.7 Å². The van der Waals surface area contributed by atoms with Gasteiger partial charge in [-0.1, -0.05) is 0 Å². The van der Waals surface area contributed by atoms with E-state index in [2.05, 4.69) is 10.3 Å². The Balaban J connectivity index is 1.68. The quantitative estimate of drug-likeness (QED) is 0.880. The highest BCUT2D eigenvalue weighted by Crippen LogP contribution is 2.24. The highest BCUT2D eigenvalue weighted by molar-refractivity contribution is 5.34. The molecule has 0 amide bonds. The number of benzene rings is 1. The Morgan fingerprint density at radius 3 is 3.00 bits per heavy atom. The Kier molecular flexibility index (Phi) is 3.69. The van der Waals surface area contributed by atoms with Crippen LogP contribution in [-0.4, -0.2) is 15.6 Å². The van der Waals surface area contributed by atoms with Crippen LogP contribution in [0.5, 0.6) is 5.75 Å². The number of hydrogen-bond donors (Lipinski definition) is 1. The lowest BCUT2D eigenvalue weighted by molar-refractivity contribution is 0.292. The molecule has 1 aliphatic carbocycles. The first kappa shape index (κ1) is 13.1. The lowest BCUT2D eigenvalue weighted by Crippen LogP contribution is -2.16. The Morgan fingerprint density at radius 2 is 2.30 bits per heavy atom. The zero-order chi connectivity index (χ0) is 13.9. The largest absolute Gasteiger partial charge is 0.487 e. The van der Waals surface area contributed by atoms with Crippen LogP contribution in [0.3, 0.4) is 0 Å². The predicted octanol–water partition coefficient (Wildman–Crippen LogP) is 2.39. The van der Waals surface area contributed by atoms with Crippen LogP contribution in [0, 0.1) is 5.82 Å². The molecule has 0 saturated heterocycles. The lowest BCUT2D eigenvalue weighted by atomic mass is 10.2. The average Bonchev–Trinajstić information content (AvgIpc) is 3.18. The van der Waals surface area contributed by atoms with Gasteiger partial charge in [-0.3, -0.25) is 0 Å². The van der Waals surface area contributed by atoms with Crippen molar-refractivity contribution >= 4 is 0 Å². The van der Waals surface area contributed by atoms with E-state index in [0.29, 0.717) is 19.2 Å². The fourth-order valence-electron chi connectivity index (χ4n) is 2.04. The van der Waals surface area contributed by atoms with Crippen molar-refractivity contribution < 1.29 is 9.13 Å². The zero-order valence-electron chi connectivity index (χ0n) is 11.5. The number of halogens is 1. The van der Waals surface area contributed by atoms with Gasteiger partial charge in [-0.15, -0.1) is 0 Å². The minimum Gasteiger partial charge on any atom is -0.487 e. The number of nitrogens with one attached hydrogen (secondary N) is 1. The van der Waals surface area contributed by atoms with Gasteiger partial charge in [-0.05, 0) is 31.0 Å². The maximum atomic E-state index is 13.4. The summed E-state index contributed by atoms with van der Waals surface area (Å²) in [5.41, 5.74) is 1.84. The normalized spacial score (nSPS) is 14.5. The van der Waals surface area contributed by atoms with E-state index >= 15 is 0 Å². The fourth-order valence-corrected chi connectivity index (χ4v) is 2.04. The van der Waals surface area contributed by atoms with Crippen LogP contribution in [-0.2, 0) is 20.2 Å².